The maximum Gasteiger partial charge on any atom is 0.221 e. The monoisotopic (exact) mass is 240 g/mol. The molecule has 1 aromatic carbocycles. The van der Waals surface area contributed by atoms with Gasteiger partial charge >= 0.3 is 0 Å². The first-order valence-electron chi connectivity index (χ1n) is 5.92. The summed E-state index contributed by atoms with van der Waals surface area (Å²) in [5.41, 5.74) is 4.09. The van der Waals surface area contributed by atoms with Crippen molar-refractivity contribution in [1.82, 2.24) is 4.98 Å². The van der Waals surface area contributed by atoms with Crippen LogP contribution in [0.2, 0.25) is 0 Å². The number of hydrogen-bond acceptors (Lipinski definition) is 2. The van der Waals surface area contributed by atoms with Gasteiger partial charge in [-0.3, -0.25) is 9.78 Å². The van der Waals surface area contributed by atoms with Gasteiger partial charge in [0.2, 0.25) is 5.91 Å². The van der Waals surface area contributed by atoms with Crippen molar-refractivity contribution < 1.29 is 4.79 Å². The maximum atomic E-state index is 10.9. The largest absolute Gasteiger partial charge is 0.326 e. The molecule has 0 atom stereocenters. The third-order valence-corrected chi connectivity index (χ3v) is 2.61. The second-order valence-electron chi connectivity index (χ2n) is 4.33. The van der Waals surface area contributed by atoms with Crippen molar-refractivity contribution >= 4 is 11.6 Å². The first-order valence-corrected chi connectivity index (χ1v) is 5.92. The Hall–Kier alpha value is -2.16. The molecule has 0 bridgehead atoms. The molecule has 0 radical (unpaired) electrons. The van der Waals surface area contributed by atoms with E-state index in [1.165, 1.54) is 12.5 Å². The van der Waals surface area contributed by atoms with Crippen molar-refractivity contribution in [2.45, 2.75) is 20.3 Å². The summed E-state index contributed by atoms with van der Waals surface area (Å²) < 4.78 is 0. The summed E-state index contributed by atoms with van der Waals surface area (Å²) in [6.07, 6.45) is 0.808. The molecule has 0 fully saturated rings. The zero-order valence-electron chi connectivity index (χ0n) is 10.6. The highest BCUT2D eigenvalue weighted by atomic mass is 16.1. The molecule has 0 spiro atoms. The van der Waals surface area contributed by atoms with E-state index < -0.39 is 0 Å². The Bertz CT molecular complexity index is 547. The Labute approximate surface area is 107 Å². The molecule has 92 valence electrons. The SMILES string of the molecule is CC(=O)Nc1ccc(Cc2cccc(C)n2)cc1. The van der Waals surface area contributed by atoms with Crippen LogP contribution in [-0.4, -0.2) is 10.9 Å². The summed E-state index contributed by atoms with van der Waals surface area (Å²) in [5.74, 6) is -0.0527. The Morgan fingerprint density at radius 2 is 1.89 bits per heavy atom. The normalized spacial score (nSPS) is 10.1. The van der Waals surface area contributed by atoms with Crippen molar-refractivity contribution in [3.05, 3.63) is 59.4 Å². The molecule has 3 heteroatoms. The molecule has 0 aliphatic rings. The number of aromatic nitrogens is 1. The van der Waals surface area contributed by atoms with Gasteiger partial charge in [0.05, 0.1) is 0 Å². The lowest BCUT2D eigenvalue weighted by atomic mass is 10.1. The average molecular weight is 240 g/mol. The lowest BCUT2D eigenvalue weighted by molar-refractivity contribution is -0.114. The molecule has 18 heavy (non-hydrogen) atoms. The van der Waals surface area contributed by atoms with Gasteiger partial charge in [-0.2, -0.15) is 0 Å². The lowest BCUT2D eigenvalue weighted by Gasteiger charge is -2.05. The molecule has 2 aromatic rings. The third kappa shape index (κ3) is 3.42. The summed E-state index contributed by atoms with van der Waals surface area (Å²) in [6.45, 7) is 3.49. The first-order chi connectivity index (χ1) is 8.63. The number of hydrogen-bond donors (Lipinski definition) is 1. The number of anilines is 1. The number of nitrogens with zero attached hydrogens (tertiary/aromatic N) is 1. The molecule has 1 N–H and O–H groups in total. The average Bonchev–Trinajstić information content (AvgIpc) is 2.31. The first kappa shape index (κ1) is 12.3. The van der Waals surface area contributed by atoms with Gasteiger partial charge in [0, 0.05) is 30.4 Å². The zero-order chi connectivity index (χ0) is 13.0. The Morgan fingerprint density at radius 1 is 1.17 bits per heavy atom. The highest BCUT2D eigenvalue weighted by Crippen LogP contribution is 2.12. The number of rotatable bonds is 3. The van der Waals surface area contributed by atoms with E-state index in [2.05, 4.69) is 10.3 Å². The van der Waals surface area contributed by atoms with Crippen molar-refractivity contribution in [3.8, 4) is 0 Å². The molecular formula is C15H16N2O. The number of aryl methyl sites for hydroxylation is 1. The van der Waals surface area contributed by atoms with E-state index >= 15 is 0 Å². The summed E-state index contributed by atoms with van der Waals surface area (Å²) in [5, 5.41) is 2.75. The molecule has 0 unspecified atom stereocenters. The van der Waals surface area contributed by atoms with Crippen LogP contribution >= 0.6 is 0 Å². The molecule has 2 rings (SSSR count). The van der Waals surface area contributed by atoms with Crippen molar-refractivity contribution in [2.24, 2.45) is 0 Å². The standard InChI is InChI=1S/C15H16N2O/c1-11-4-3-5-15(16-11)10-13-6-8-14(9-7-13)17-12(2)18/h3-9H,10H2,1-2H3,(H,17,18). The van der Waals surface area contributed by atoms with Crippen LogP contribution < -0.4 is 5.32 Å². The van der Waals surface area contributed by atoms with Gasteiger partial charge in [-0.15, -0.1) is 0 Å². The minimum absolute atomic E-state index is 0.0527. The highest BCUT2D eigenvalue weighted by Gasteiger charge is 1.99. The Morgan fingerprint density at radius 3 is 2.50 bits per heavy atom. The Balaban J connectivity index is 2.08. The van der Waals surface area contributed by atoms with E-state index in [1.807, 2.05) is 49.4 Å². The molecular weight excluding hydrogens is 224 g/mol. The fourth-order valence-electron chi connectivity index (χ4n) is 1.82. The second kappa shape index (κ2) is 5.45. The predicted octanol–water partition coefficient (Wildman–Crippen LogP) is 2.94. The summed E-state index contributed by atoms with van der Waals surface area (Å²) >= 11 is 0. The zero-order valence-corrected chi connectivity index (χ0v) is 10.6. The number of amides is 1. The molecule has 1 aromatic heterocycles. The second-order valence-corrected chi connectivity index (χ2v) is 4.33. The van der Waals surface area contributed by atoms with E-state index in [0.29, 0.717) is 0 Å². The predicted molar refractivity (Wildman–Crippen MR) is 72.5 cm³/mol. The van der Waals surface area contributed by atoms with Crippen LogP contribution in [0.5, 0.6) is 0 Å². The van der Waals surface area contributed by atoms with Crippen molar-refractivity contribution in [1.29, 1.82) is 0 Å². The number of benzene rings is 1. The van der Waals surface area contributed by atoms with Crippen molar-refractivity contribution in [3.63, 3.8) is 0 Å². The number of pyridine rings is 1. The molecule has 0 saturated carbocycles. The van der Waals surface area contributed by atoms with E-state index in [1.54, 1.807) is 0 Å². The van der Waals surface area contributed by atoms with E-state index in [4.69, 9.17) is 0 Å². The topological polar surface area (TPSA) is 42.0 Å². The smallest absolute Gasteiger partial charge is 0.221 e. The lowest BCUT2D eigenvalue weighted by Crippen LogP contribution is -2.05. The fourth-order valence-corrected chi connectivity index (χ4v) is 1.82. The minimum atomic E-state index is -0.0527. The molecule has 1 amide bonds. The quantitative estimate of drug-likeness (QED) is 0.896. The van der Waals surface area contributed by atoms with Gasteiger partial charge in [-0.1, -0.05) is 18.2 Å². The van der Waals surface area contributed by atoms with Gasteiger partial charge in [0.15, 0.2) is 0 Å². The van der Waals surface area contributed by atoms with Crippen LogP contribution in [0.1, 0.15) is 23.9 Å². The Kier molecular flexibility index (Phi) is 3.72. The number of carbonyl (C=O) groups is 1. The van der Waals surface area contributed by atoms with Gasteiger partial charge in [-0.05, 0) is 36.8 Å². The van der Waals surface area contributed by atoms with Crippen molar-refractivity contribution in [2.75, 3.05) is 5.32 Å². The van der Waals surface area contributed by atoms with Gasteiger partial charge in [0.1, 0.15) is 0 Å². The minimum Gasteiger partial charge on any atom is -0.326 e. The van der Waals surface area contributed by atoms with Crippen LogP contribution in [0.15, 0.2) is 42.5 Å². The van der Waals surface area contributed by atoms with Gasteiger partial charge in [0.25, 0.3) is 0 Å². The third-order valence-electron chi connectivity index (χ3n) is 2.61. The van der Waals surface area contributed by atoms with Gasteiger partial charge < -0.3 is 5.32 Å². The van der Waals surface area contributed by atoms with E-state index in [0.717, 1.165) is 23.5 Å². The van der Waals surface area contributed by atoms with Crippen LogP contribution in [0.4, 0.5) is 5.69 Å². The number of carbonyl (C=O) groups excluding carboxylic acids is 1. The summed E-state index contributed by atoms with van der Waals surface area (Å²) in [6, 6.07) is 13.9. The maximum absolute atomic E-state index is 10.9. The van der Waals surface area contributed by atoms with Crippen LogP contribution in [0.25, 0.3) is 0 Å². The summed E-state index contributed by atoms with van der Waals surface area (Å²) in [4.78, 5) is 15.4. The van der Waals surface area contributed by atoms with Crippen LogP contribution in [0, 0.1) is 6.92 Å². The number of nitrogens with one attached hydrogen (secondary N) is 1. The van der Waals surface area contributed by atoms with Gasteiger partial charge in [-0.25, -0.2) is 0 Å². The summed E-state index contributed by atoms with van der Waals surface area (Å²) in [7, 11) is 0. The van der Waals surface area contributed by atoms with E-state index in [9.17, 15) is 4.79 Å². The van der Waals surface area contributed by atoms with Crippen LogP contribution in [-0.2, 0) is 11.2 Å². The molecule has 3 nitrogen and oxygen atoms in total. The molecule has 0 aliphatic carbocycles. The molecule has 0 aliphatic heterocycles. The van der Waals surface area contributed by atoms with E-state index in [-0.39, 0.29) is 5.91 Å². The fraction of sp³-hybridized carbons (Fsp3) is 0.200. The highest BCUT2D eigenvalue weighted by molar-refractivity contribution is 5.88. The molecule has 0 saturated heterocycles. The van der Waals surface area contributed by atoms with Crippen LogP contribution in [0.3, 0.4) is 0 Å². The molecule has 1 heterocycles.